The number of phenolic OH excluding ortho intramolecular Hbond substituents is 1. The lowest BCUT2D eigenvalue weighted by Crippen LogP contribution is -2.56. The summed E-state index contributed by atoms with van der Waals surface area (Å²) >= 11 is 0. The molecular weight excluding hydrogens is 314 g/mol. The molecule has 4 nitrogen and oxygen atoms in total. The lowest BCUT2D eigenvalue weighted by molar-refractivity contribution is -0.148. The second-order valence-electron chi connectivity index (χ2n) is 7.65. The summed E-state index contributed by atoms with van der Waals surface area (Å²) in [5.41, 5.74) is 1.52. The average Bonchev–Trinajstić information content (AvgIpc) is 2.63. The number of aromatic hydroxyl groups is 1. The maximum atomic E-state index is 11.3. The van der Waals surface area contributed by atoms with Crippen molar-refractivity contribution in [1.29, 1.82) is 0 Å². The van der Waals surface area contributed by atoms with E-state index in [9.17, 15) is 15.3 Å². The molecule has 4 heteroatoms. The number of aryl methyl sites for hydroxylation is 1. The zero-order valence-electron chi connectivity index (χ0n) is 14.5. The molecule has 4 atom stereocenters. The highest BCUT2D eigenvalue weighted by atomic mass is 16.3. The van der Waals surface area contributed by atoms with Crippen molar-refractivity contribution in [2.45, 2.75) is 56.1 Å². The summed E-state index contributed by atoms with van der Waals surface area (Å²) in [6, 6.07) is 11.1. The molecule has 0 amide bonds. The van der Waals surface area contributed by atoms with Crippen molar-refractivity contribution >= 4 is 0 Å². The number of phenols is 1. The summed E-state index contributed by atoms with van der Waals surface area (Å²) in [5.74, 6) is 0.578. The Morgan fingerprint density at radius 2 is 2.04 bits per heavy atom. The topological polar surface area (TPSA) is 73.6 Å². The third-order valence-electron chi connectivity index (χ3n) is 6.57. The lowest BCUT2D eigenvalue weighted by Gasteiger charge is -2.54. The molecule has 1 heterocycles. The Morgan fingerprint density at radius 1 is 1.20 bits per heavy atom. The number of aliphatic hydroxyl groups is 2. The maximum Gasteiger partial charge on any atom is 0.132 e. The van der Waals surface area contributed by atoms with E-state index >= 15 is 0 Å². The standard InChI is InChI=1S/C21H25NO3/c1-2-20-13-19(24)21(25,18-5-3-4-10-22-18)12-15(20)7-6-14-11-16(23)8-9-17(14)20/h3-5,8-11,15,19,23-25H,2,6-7,12-13H2,1H3/t15-,19?,20?,21-/m1/s1. The summed E-state index contributed by atoms with van der Waals surface area (Å²) in [6.45, 7) is 2.16. The van der Waals surface area contributed by atoms with Crippen LogP contribution in [-0.4, -0.2) is 26.4 Å². The van der Waals surface area contributed by atoms with Crippen molar-refractivity contribution < 1.29 is 15.3 Å². The highest BCUT2D eigenvalue weighted by Crippen LogP contribution is 2.56. The van der Waals surface area contributed by atoms with Crippen LogP contribution in [0.3, 0.4) is 0 Å². The van der Waals surface area contributed by atoms with Gasteiger partial charge in [-0.05, 0) is 73.4 Å². The van der Waals surface area contributed by atoms with Gasteiger partial charge in [0.15, 0.2) is 0 Å². The van der Waals surface area contributed by atoms with Gasteiger partial charge in [-0.2, -0.15) is 0 Å². The van der Waals surface area contributed by atoms with Gasteiger partial charge >= 0.3 is 0 Å². The quantitative estimate of drug-likeness (QED) is 0.786. The fourth-order valence-corrected chi connectivity index (χ4v) is 5.22. The molecule has 0 radical (unpaired) electrons. The maximum absolute atomic E-state index is 11.3. The number of hydrogen-bond donors (Lipinski definition) is 3. The summed E-state index contributed by atoms with van der Waals surface area (Å²) < 4.78 is 0. The number of aromatic nitrogens is 1. The van der Waals surface area contributed by atoms with Gasteiger partial charge in [0, 0.05) is 11.6 Å². The van der Waals surface area contributed by atoms with Crippen LogP contribution in [0.15, 0.2) is 42.6 Å². The van der Waals surface area contributed by atoms with Gasteiger partial charge < -0.3 is 15.3 Å². The van der Waals surface area contributed by atoms with E-state index in [-0.39, 0.29) is 11.3 Å². The van der Waals surface area contributed by atoms with E-state index in [1.165, 1.54) is 11.1 Å². The van der Waals surface area contributed by atoms with Gasteiger partial charge in [0.1, 0.15) is 11.4 Å². The first-order chi connectivity index (χ1) is 12.0. The molecule has 0 bridgehead atoms. The molecule has 132 valence electrons. The van der Waals surface area contributed by atoms with E-state index in [4.69, 9.17) is 0 Å². The Morgan fingerprint density at radius 3 is 2.76 bits per heavy atom. The summed E-state index contributed by atoms with van der Waals surface area (Å²) in [6.07, 6.45) is 4.58. The van der Waals surface area contributed by atoms with Crippen LogP contribution < -0.4 is 0 Å². The van der Waals surface area contributed by atoms with Crippen molar-refractivity contribution in [1.82, 2.24) is 4.98 Å². The van der Waals surface area contributed by atoms with Crippen LogP contribution >= 0.6 is 0 Å². The Hall–Kier alpha value is -1.91. The first kappa shape index (κ1) is 16.6. The van der Waals surface area contributed by atoms with Gasteiger partial charge in [-0.1, -0.05) is 19.1 Å². The fraction of sp³-hybridized carbons (Fsp3) is 0.476. The zero-order chi connectivity index (χ0) is 17.7. The molecule has 1 aromatic carbocycles. The minimum Gasteiger partial charge on any atom is -0.508 e. The monoisotopic (exact) mass is 339 g/mol. The molecule has 2 aromatic rings. The van der Waals surface area contributed by atoms with Crippen LogP contribution in [0.5, 0.6) is 5.75 Å². The van der Waals surface area contributed by atoms with Crippen LogP contribution in [0, 0.1) is 5.92 Å². The highest BCUT2D eigenvalue weighted by Gasteiger charge is 2.56. The Labute approximate surface area is 148 Å². The van der Waals surface area contributed by atoms with Gasteiger partial charge in [0.2, 0.25) is 0 Å². The summed E-state index contributed by atoms with van der Waals surface area (Å²) in [7, 11) is 0. The minimum absolute atomic E-state index is 0.151. The molecule has 2 unspecified atom stereocenters. The molecule has 0 saturated heterocycles. The Bertz CT molecular complexity index is 778. The van der Waals surface area contributed by atoms with Crippen molar-refractivity contribution in [3.8, 4) is 5.75 Å². The number of rotatable bonds is 2. The van der Waals surface area contributed by atoms with E-state index in [0.29, 0.717) is 24.3 Å². The Balaban J connectivity index is 1.77. The van der Waals surface area contributed by atoms with Crippen LogP contribution in [0.1, 0.15) is 49.4 Å². The molecule has 2 aliphatic rings. The third kappa shape index (κ3) is 2.39. The first-order valence-electron chi connectivity index (χ1n) is 9.14. The summed E-state index contributed by atoms with van der Waals surface area (Å²) in [4.78, 5) is 4.32. The van der Waals surface area contributed by atoms with Crippen LogP contribution in [0.4, 0.5) is 0 Å². The second kappa shape index (κ2) is 5.82. The number of benzene rings is 1. The molecule has 0 aliphatic heterocycles. The average molecular weight is 339 g/mol. The number of aliphatic hydroxyl groups excluding tert-OH is 1. The van der Waals surface area contributed by atoms with Crippen molar-refractivity contribution in [3.05, 3.63) is 59.4 Å². The number of pyridine rings is 1. The molecule has 1 saturated carbocycles. The molecule has 1 fully saturated rings. The number of fused-ring (bicyclic) bond motifs is 3. The van der Waals surface area contributed by atoms with Gasteiger partial charge in [-0.15, -0.1) is 0 Å². The zero-order valence-corrected chi connectivity index (χ0v) is 14.5. The highest BCUT2D eigenvalue weighted by molar-refractivity contribution is 5.43. The largest absolute Gasteiger partial charge is 0.508 e. The van der Waals surface area contributed by atoms with Crippen molar-refractivity contribution in [2.24, 2.45) is 5.92 Å². The first-order valence-corrected chi connectivity index (χ1v) is 9.14. The predicted molar refractivity (Wildman–Crippen MR) is 95.3 cm³/mol. The van der Waals surface area contributed by atoms with Gasteiger partial charge in [0.25, 0.3) is 0 Å². The van der Waals surface area contributed by atoms with E-state index in [1.807, 2.05) is 24.3 Å². The molecule has 4 rings (SSSR count). The van der Waals surface area contributed by atoms with E-state index in [2.05, 4.69) is 11.9 Å². The van der Waals surface area contributed by atoms with Crippen molar-refractivity contribution in [2.75, 3.05) is 0 Å². The number of nitrogens with zero attached hydrogens (tertiary/aromatic N) is 1. The van der Waals surface area contributed by atoms with Crippen LogP contribution in [-0.2, 0) is 17.4 Å². The van der Waals surface area contributed by atoms with Gasteiger partial charge in [-0.25, -0.2) is 0 Å². The SMILES string of the molecule is CCC12CC(O)[C@](O)(c3ccccn3)C[C@H]1CCc1cc(O)ccc12. The lowest BCUT2D eigenvalue weighted by atomic mass is 9.52. The molecule has 3 N–H and O–H groups in total. The summed E-state index contributed by atoms with van der Waals surface area (Å²) in [5, 5.41) is 32.1. The molecule has 25 heavy (non-hydrogen) atoms. The second-order valence-corrected chi connectivity index (χ2v) is 7.65. The van der Waals surface area contributed by atoms with Crippen LogP contribution in [0.25, 0.3) is 0 Å². The van der Waals surface area contributed by atoms with Gasteiger partial charge in [-0.3, -0.25) is 4.98 Å². The molecule has 2 aliphatic carbocycles. The van der Waals surface area contributed by atoms with E-state index in [1.54, 1.807) is 18.3 Å². The van der Waals surface area contributed by atoms with Gasteiger partial charge in [0.05, 0.1) is 11.8 Å². The molecule has 1 aromatic heterocycles. The van der Waals surface area contributed by atoms with Crippen molar-refractivity contribution in [3.63, 3.8) is 0 Å². The molecular formula is C21H25NO3. The fourth-order valence-electron chi connectivity index (χ4n) is 5.22. The normalized spacial score (nSPS) is 34.2. The van der Waals surface area contributed by atoms with Crippen LogP contribution in [0.2, 0.25) is 0 Å². The van der Waals surface area contributed by atoms with E-state index in [0.717, 1.165) is 19.3 Å². The minimum atomic E-state index is -1.29. The predicted octanol–water partition coefficient (Wildman–Crippen LogP) is 3.04. The molecule has 0 spiro atoms. The Kier molecular flexibility index (Phi) is 3.85. The third-order valence-corrected chi connectivity index (χ3v) is 6.57. The van der Waals surface area contributed by atoms with E-state index < -0.39 is 11.7 Å². The number of hydrogen-bond acceptors (Lipinski definition) is 4. The smallest absolute Gasteiger partial charge is 0.132 e.